The van der Waals surface area contributed by atoms with Crippen LogP contribution >= 0.6 is 0 Å². The van der Waals surface area contributed by atoms with Crippen LogP contribution in [-0.4, -0.2) is 23.5 Å². The Morgan fingerprint density at radius 1 is 1.28 bits per heavy atom. The molecule has 1 aromatic carbocycles. The molecule has 1 heterocycles. The van der Waals surface area contributed by atoms with Crippen molar-refractivity contribution in [3.63, 3.8) is 0 Å². The van der Waals surface area contributed by atoms with Gasteiger partial charge in [-0.15, -0.1) is 0 Å². The monoisotopic (exact) mass is 247 g/mol. The maximum atomic E-state index is 12.1. The highest BCUT2D eigenvalue weighted by molar-refractivity contribution is 5.78. The van der Waals surface area contributed by atoms with E-state index in [1.54, 1.807) is 0 Å². The lowest BCUT2D eigenvalue weighted by Gasteiger charge is -2.28. The van der Waals surface area contributed by atoms with E-state index in [9.17, 15) is 4.79 Å². The van der Waals surface area contributed by atoms with Gasteiger partial charge in [-0.1, -0.05) is 32.0 Å². The topological polar surface area (TPSA) is 29.5 Å². The van der Waals surface area contributed by atoms with Crippen LogP contribution in [0.4, 0.5) is 0 Å². The molecular weight excluding hydrogens is 226 g/mol. The molecule has 1 amide bonds. The Bertz CT molecular complexity index is 428. The number of benzene rings is 1. The predicted octanol–water partition coefficient (Wildman–Crippen LogP) is 2.84. The Balaban J connectivity index is 2.18. The van der Waals surface area contributed by atoms with E-state index in [1.165, 1.54) is 0 Å². The zero-order valence-corrected chi connectivity index (χ0v) is 11.3. The number of hydrogen-bond acceptors (Lipinski definition) is 2. The van der Waals surface area contributed by atoms with Crippen molar-refractivity contribution in [3.05, 3.63) is 29.8 Å². The summed E-state index contributed by atoms with van der Waals surface area (Å²) >= 11 is 0. The standard InChI is InChI=1S/C15H21NO2/c1-11(2)8-12(3)16-9-13-6-4-5-7-14(13)18-10-15(16)17/h4-7,11-12H,8-10H2,1-3H3. The van der Waals surface area contributed by atoms with Gasteiger partial charge in [-0.2, -0.15) is 0 Å². The molecule has 1 aromatic rings. The summed E-state index contributed by atoms with van der Waals surface area (Å²) in [6.45, 7) is 7.29. The number of ether oxygens (including phenoxy) is 1. The van der Waals surface area contributed by atoms with Crippen molar-refractivity contribution in [1.82, 2.24) is 4.90 Å². The van der Waals surface area contributed by atoms with Gasteiger partial charge in [0, 0.05) is 18.2 Å². The fourth-order valence-corrected chi connectivity index (χ4v) is 2.48. The van der Waals surface area contributed by atoms with Gasteiger partial charge in [0.05, 0.1) is 0 Å². The summed E-state index contributed by atoms with van der Waals surface area (Å²) in [5, 5.41) is 0. The number of fused-ring (bicyclic) bond motifs is 1. The highest BCUT2D eigenvalue weighted by atomic mass is 16.5. The first-order valence-corrected chi connectivity index (χ1v) is 6.58. The summed E-state index contributed by atoms with van der Waals surface area (Å²) in [4.78, 5) is 14.0. The van der Waals surface area contributed by atoms with Crippen molar-refractivity contribution in [2.24, 2.45) is 5.92 Å². The number of carbonyl (C=O) groups excluding carboxylic acids is 1. The molecule has 0 saturated heterocycles. The van der Waals surface area contributed by atoms with Crippen molar-refractivity contribution < 1.29 is 9.53 Å². The van der Waals surface area contributed by atoms with Crippen molar-refractivity contribution in [2.75, 3.05) is 6.61 Å². The van der Waals surface area contributed by atoms with Crippen LogP contribution in [0, 0.1) is 5.92 Å². The molecule has 3 heteroatoms. The van der Waals surface area contributed by atoms with Crippen LogP contribution in [0.25, 0.3) is 0 Å². The quantitative estimate of drug-likeness (QED) is 0.822. The second-order valence-corrected chi connectivity index (χ2v) is 5.40. The lowest BCUT2D eigenvalue weighted by atomic mass is 10.0. The van der Waals surface area contributed by atoms with E-state index >= 15 is 0 Å². The lowest BCUT2D eigenvalue weighted by molar-refractivity contribution is -0.135. The SMILES string of the molecule is CC(C)CC(C)N1Cc2ccccc2OCC1=O. The molecule has 0 radical (unpaired) electrons. The molecule has 2 rings (SSSR count). The van der Waals surface area contributed by atoms with Crippen LogP contribution in [-0.2, 0) is 11.3 Å². The fourth-order valence-electron chi connectivity index (χ4n) is 2.48. The van der Waals surface area contributed by atoms with E-state index in [2.05, 4.69) is 20.8 Å². The van der Waals surface area contributed by atoms with Gasteiger partial charge in [-0.25, -0.2) is 0 Å². The van der Waals surface area contributed by atoms with E-state index < -0.39 is 0 Å². The van der Waals surface area contributed by atoms with Crippen molar-refractivity contribution in [3.8, 4) is 5.75 Å². The summed E-state index contributed by atoms with van der Waals surface area (Å²) in [5.74, 6) is 1.51. The third-order valence-corrected chi connectivity index (χ3v) is 3.33. The molecule has 1 unspecified atom stereocenters. The Morgan fingerprint density at radius 3 is 2.72 bits per heavy atom. The minimum atomic E-state index is 0.0827. The largest absolute Gasteiger partial charge is 0.483 e. The summed E-state index contributed by atoms with van der Waals surface area (Å²) in [6.07, 6.45) is 1.02. The van der Waals surface area contributed by atoms with Gasteiger partial charge in [0.25, 0.3) is 5.91 Å². The number of rotatable bonds is 3. The van der Waals surface area contributed by atoms with Crippen molar-refractivity contribution >= 4 is 5.91 Å². The Morgan fingerprint density at radius 2 is 2.00 bits per heavy atom. The van der Waals surface area contributed by atoms with Gasteiger partial charge in [0.1, 0.15) is 5.75 Å². The van der Waals surface area contributed by atoms with Gasteiger partial charge in [0.15, 0.2) is 6.61 Å². The zero-order valence-electron chi connectivity index (χ0n) is 11.3. The second kappa shape index (κ2) is 5.42. The summed E-state index contributed by atoms with van der Waals surface area (Å²) in [5.41, 5.74) is 1.10. The van der Waals surface area contributed by atoms with Crippen LogP contribution in [0.2, 0.25) is 0 Å². The highest BCUT2D eigenvalue weighted by Crippen LogP contribution is 2.25. The molecule has 1 aliphatic rings. The number of nitrogens with zero attached hydrogens (tertiary/aromatic N) is 1. The van der Waals surface area contributed by atoms with E-state index in [1.807, 2.05) is 29.2 Å². The second-order valence-electron chi connectivity index (χ2n) is 5.40. The summed E-state index contributed by atoms with van der Waals surface area (Å²) in [7, 11) is 0. The molecule has 0 N–H and O–H groups in total. The van der Waals surface area contributed by atoms with Gasteiger partial charge in [-0.05, 0) is 25.3 Å². The van der Waals surface area contributed by atoms with Gasteiger partial charge in [0.2, 0.25) is 0 Å². The number of hydrogen-bond donors (Lipinski definition) is 0. The molecule has 0 aromatic heterocycles. The van der Waals surface area contributed by atoms with Crippen LogP contribution in [0.5, 0.6) is 5.75 Å². The molecule has 1 atom stereocenters. The van der Waals surface area contributed by atoms with Crippen molar-refractivity contribution in [1.29, 1.82) is 0 Å². The average molecular weight is 247 g/mol. The van der Waals surface area contributed by atoms with E-state index in [4.69, 9.17) is 4.74 Å². The highest BCUT2D eigenvalue weighted by Gasteiger charge is 2.25. The molecular formula is C15H21NO2. The molecule has 0 saturated carbocycles. The first-order valence-electron chi connectivity index (χ1n) is 6.58. The molecule has 18 heavy (non-hydrogen) atoms. The summed E-state index contributed by atoms with van der Waals surface area (Å²) in [6, 6.07) is 8.15. The first-order chi connectivity index (χ1) is 8.58. The average Bonchev–Trinajstić information content (AvgIpc) is 2.48. The first kappa shape index (κ1) is 12.9. The van der Waals surface area contributed by atoms with E-state index in [-0.39, 0.29) is 18.6 Å². The van der Waals surface area contributed by atoms with E-state index in [0.717, 1.165) is 17.7 Å². The number of amides is 1. The molecule has 0 aliphatic carbocycles. The molecule has 3 nitrogen and oxygen atoms in total. The van der Waals surface area contributed by atoms with Crippen LogP contribution in [0.1, 0.15) is 32.8 Å². The molecule has 1 aliphatic heterocycles. The predicted molar refractivity (Wildman–Crippen MR) is 71.4 cm³/mol. The summed E-state index contributed by atoms with van der Waals surface area (Å²) < 4.78 is 5.55. The third kappa shape index (κ3) is 2.84. The number of para-hydroxylation sites is 1. The van der Waals surface area contributed by atoms with Gasteiger partial charge in [-0.3, -0.25) is 4.79 Å². The molecule has 0 bridgehead atoms. The molecule has 0 spiro atoms. The van der Waals surface area contributed by atoms with Crippen LogP contribution in [0.3, 0.4) is 0 Å². The minimum absolute atomic E-state index is 0.0827. The van der Waals surface area contributed by atoms with Crippen LogP contribution in [0.15, 0.2) is 24.3 Å². The molecule has 0 fully saturated rings. The third-order valence-electron chi connectivity index (χ3n) is 3.33. The normalized spacial score (nSPS) is 17.1. The Hall–Kier alpha value is -1.51. The maximum Gasteiger partial charge on any atom is 0.261 e. The van der Waals surface area contributed by atoms with Crippen molar-refractivity contribution in [2.45, 2.75) is 39.8 Å². The number of carbonyl (C=O) groups is 1. The Labute approximate surface area is 109 Å². The Kier molecular flexibility index (Phi) is 3.90. The molecule has 98 valence electrons. The van der Waals surface area contributed by atoms with Gasteiger partial charge < -0.3 is 9.64 Å². The van der Waals surface area contributed by atoms with E-state index in [0.29, 0.717) is 12.5 Å². The van der Waals surface area contributed by atoms with Crippen LogP contribution < -0.4 is 4.74 Å². The zero-order chi connectivity index (χ0) is 13.1. The lowest BCUT2D eigenvalue weighted by Crippen LogP contribution is -2.40. The van der Waals surface area contributed by atoms with Gasteiger partial charge >= 0.3 is 0 Å². The maximum absolute atomic E-state index is 12.1. The fraction of sp³-hybridized carbons (Fsp3) is 0.533. The smallest absolute Gasteiger partial charge is 0.261 e. The minimum Gasteiger partial charge on any atom is -0.483 e.